The lowest BCUT2D eigenvalue weighted by Crippen LogP contribution is -2.51. The lowest BCUT2D eigenvalue weighted by molar-refractivity contribution is -0.124. The Hall–Kier alpha value is -1.31. The Kier molecular flexibility index (Phi) is 8.52. The Bertz CT molecular complexity index is 552. The maximum Gasteiger partial charge on any atom is 0.238 e. The zero-order valence-corrected chi connectivity index (χ0v) is 16.6. The molecule has 7 heteroatoms. The Morgan fingerprint density at radius 2 is 1.83 bits per heavy atom. The first kappa shape index (κ1) is 20.7. The van der Waals surface area contributed by atoms with E-state index in [0.29, 0.717) is 6.54 Å². The SMILES string of the molecule is COc1cc(CCNC(C)NC(=O)C(N)C(C)C)c(OC)cc1Br. The third-order valence-corrected chi connectivity index (χ3v) is 4.40. The van der Waals surface area contributed by atoms with Crippen LogP contribution in [-0.2, 0) is 11.2 Å². The molecule has 0 aliphatic rings. The number of nitrogens with one attached hydrogen (secondary N) is 2. The molecule has 24 heavy (non-hydrogen) atoms. The predicted octanol–water partition coefficient (Wildman–Crippen LogP) is 2.04. The quantitative estimate of drug-likeness (QED) is 0.551. The van der Waals surface area contributed by atoms with Gasteiger partial charge in [0.1, 0.15) is 11.5 Å². The minimum atomic E-state index is -0.495. The number of amides is 1. The largest absolute Gasteiger partial charge is 0.496 e. The van der Waals surface area contributed by atoms with Gasteiger partial charge in [0.2, 0.25) is 5.91 Å². The molecule has 0 saturated carbocycles. The van der Waals surface area contributed by atoms with Gasteiger partial charge >= 0.3 is 0 Å². The van der Waals surface area contributed by atoms with Gasteiger partial charge in [-0.05, 0) is 52.9 Å². The average Bonchev–Trinajstić information content (AvgIpc) is 2.54. The maximum atomic E-state index is 11.9. The van der Waals surface area contributed by atoms with Gasteiger partial charge in [-0.2, -0.15) is 0 Å². The summed E-state index contributed by atoms with van der Waals surface area (Å²) >= 11 is 3.45. The fourth-order valence-electron chi connectivity index (χ4n) is 2.21. The topological polar surface area (TPSA) is 85.6 Å². The summed E-state index contributed by atoms with van der Waals surface area (Å²) in [7, 11) is 3.27. The Balaban J connectivity index is 2.56. The number of methoxy groups -OCH3 is 2. The van der Waals surface area contributed by atoms with Gasteiger partial charge in [0.25, 0.3) is 0 Å². The molecule has 2 unspecified atom stereocenters. The molecule has 0 saturated heterocycles. The van der Waals surface area contributed by atoms with Crippen LogP contribution in [0.4, 0.5) is 0 Å². The first-order valence-electron chi connectivity index (χ1n) is 7.99. The molecule has 0 aromatic heterocycles. The molecule has 0 radical (unpaired) electrons. The van der Waals surface area contributed by atoms with E-state index in [1.165, 1.54) is 0 Å². The fraction of sp³-hybridized carbons (Fsp3) is 0.588. The Morgan fingerprint density at radius 3 is 2.38 bits per heavy atom. The van der Waals surface area contributed by atoms with Gasteiger partial charge in [-0.25, -0.2) is 0 Å². The smallest absolute Gasteiger partial charge is 0.238 e. The number of ether oxygens (including phenoxy) is 2. The van der Waals surface area contributed by atoms with Crippen LogP contribution in [0, 0.1) is 5.92 Å². The normalized spacial score (nSPS) is 13.5. The molecule has 1 aromatic carbocycles. The van der Waals surface area contributed by atoms with Crippen LogP contribution in [-0.4, -0.2) is 38.9 Å². The number of carbonyl (C=O) groups excluding carboxylic acids is 1. The van der Waals surface area contributed by atoms with Crippen LogP contribution in [0.5, 0.6) is 11.5 Å². The minimum absolute atomic E-state index is 0.108. The van der Waals surface area contributed by atoms with Crippen molar-refractivity contribution >= 4 is 21.8 Å². The molecule has 0 fully saturated rings. The first-order valence-corrected chi connectivity index (χ1v) is 8.79. The number of hydrogen-bond acceptors (Lipinski definition) is 5. The van der Waals surface area contributed by atoms with Crippen LogP contribution in [0.1, 0.15) is 26.3 Å². The van der Waals surface area contributed by atoms with E-state index in [2.05, 4.69) is 26.6 Å². The molecule has 1 amide bonds. The van der Waals surface area contributed by atoms with Crippen LogP contribution in [0.3, 0.4) is 0 Å². The molecule has 0 heterocycles. The third-order valence-electron chi connectivity index (χ3n) is 3.78. The van der Waals surface area contributed by atoms with E-state index in [4.69, 9.17) is 15.2 Å². The van der Waals surface area contributed by atoms with Crippen molar-refractivity contribution in [1.82, 2.24) is 10.6 Å². The molecule has 0 aliphatic heterocycles. The molecule has 0 bridgehead atoms. The number of nitrogens with two attached hydrogens (primary N) is 1. The summed E-state index contributed by atoms with van der Waals surface area (Å²) in [5.41, 5.74) is 6.87. The van der Waals surface area contributed by atoms with Crippen molar-refractivity contribution in [3.8, 4) is 11.5 Å². The number of halogens is 1. The third kappa shape index (κ3) is 5.96. The molecular formula is C17H28BrN3O3. The van der Waals surface area contributed by atoms with Gasteiger partial charge in [0.15, 0.2) is 0 Å². The molecular weight excluding hydrogens is 374 g/mol. The molecule has 4 N–H and O–H groups in total. The van der Waals surface area contributed by atoms with Gasteiger partial charge in [-0.15, -0.1) is 0 Å². The zero-order valence-electron chi connectivity index (χ0n) is 15.0. The number of carbonyl (C=O) groups is 1. The highest BCUT2D eigenvalue weighted by Gasteiger charge is 2.18. The summed E-state index contributed by atoms with van der Waals surface area (Å²) in [5.74, 6) is 1.52. The van der Waals surface area contributed by atoms with E-state index in [0.717, 1.165) is 28.0 Å². The van der Waals surface area contributed by atoms with Crippen molar-refractivity contribution in [3.63, 3.8) is 0 Å². The molecule has 1 rings (SSSR count). The van der Waals surface area contributed by atoms with Crippen LogP contribution in [0.15, 0.2) is 16.6 Å². The molecule has 136 valence electrons. The van der Waals surface area contributed by atoms with Crippen molar-refractivity contribution < 1.29 is 14.3 Å². The summed E-state index contributed by atoms with van der Waals surface area (Å²) in [6.07, 6.45) is 0.578. The summed E-state index contributed by atoms with van der Waals surface area (Å²) < 4.78 is 11.6. The van der Waals surface area contributed by atoms with Crippen LogP contribution >= 0.6 is 15.9 Å². The van der Waals surface area contributed by atoms with Gasteiger partial charge in [-0.3, -0.25) is 10.1 Å². The van der Waals surface area contributed by atoms with E-state index < -0.39 is 6.04 Å². The maximum absolute atomic E-state index is 11.9. The van der Waals surface area contributed by atoms with E-state index in [-0.39, 0.29) is 18.0 Å². The second-order valence-corrected chi connectivity index (χ2v) is 6.86. The highest BCUT2D eigenvalue weighted by Crippen LogP contribution is 2.32. The van der Waals surface area contributed by atoms with E-state index in [1.807, 2.05) is 32.9 Å². The van der Waals surface area contributed by atoms with E-state index >= 15 is 0 Å². The lowest BCUT2D eigenvalue weighted by atomic mass is 10.1. The minimum Gasteiger partial charge on any atom is -0.496 e. The standard InChI is InChI=1S/C17H28BrN3O3/c1-10(2)16(19)17(22)21-11(3)20-7-6-12-8-15(24-5)13(18)9-14(12)23-4/h8-11,16,20H,6-7,19H2,1-5H3,(H,21,22). The molecule has 1 aromatic rings. The van der Waals surface area contributed by atoms with Gasteiger partial charge in [0, 0.05) is 6.54 Å². The molecule has 6 nitrogen and oxygen atoms in total. The Labute approximate surface area is 152 Å². The average molecular weight is 402 g/mol. The highest BCUT2D eigenvalue weighted by atomic mass is 79.9. The monoisotopic (exact) mass is 401 g/mol. The lowest BCUT2D eigenvalue weighted by Gasteiger charge is -2.21. The Morgan fingerprint density at radius 1 is 1.21 bits per heavy atom. The second kappa shape index (κ2) is 9.86. The highest BCUT2D eigenvalue weighted by molar-refractivity contribution is 9.10. The van der Waals surface area contributed by atoms with Crippen molar-refractivity contribution in [3.05, 3.63) is 22.2 Å². The van der Waals surface area contributed by atoms with Crippen LogP contribution in [0.25, 0.3) is 0 Å². The second-order valence-electron chi connectivity index (χ2n) is 6.00. The van der Waals surface area contributed by atoms with Crippen molar-refractivity contribution in [2.45, 2.75) is 39.4 Å². The first-order chi connectivity index (χ1) is 11.3. The summed E-state index contributed by atoms with van der Waals surface area (Å²) in [6, 6.07) is 3.34. The summed E-state index contributed by atoms with van der Waals surface area (Å²) in [4.78, 5) is 11.9. The molecule has 0 spiro atoms. The van der Waals surface area contributed by atoms with Gasteiger partial charge in [0.05, 0.1) is 30.9 Å². The summed E-state index contributed by atoms with van der Waals surface area (Å²) in [5, 5.41) is 6.13. The van der Waals surface area contributed by atoms with Crippen molar-refractivity contribution in [2.75, 3.05) is 20.8 Å². The van der Waals surface area contributed by atoms with E-state index in [9.17, 15) is 4.79 Å². The van der Waals surface area contributed by atoms with Crippen LogP contribution in [0.2, 0.25) is 0 Å². The van der Waals surface area contributed by atoms with Gasteiger partial charge in [-0.1, -0.05) is 13.8 Å². The number of rotatable bonds is 9. The van der Waals surface area contributed by atoms with Crippen molar-refractivity contribution in [2.24, 2.45) is 11.7 Å². The van der Waals surface area contributed by atoms with E-state index in [1.54, 1.807) is 14.2 Å². The molecule has 0 aliphatic carbocycles. The zero-order chi connectivity index (χ0) is 18.3. The van der Waals surface area contributed by atoms with Gasteiger partial charge < -0.3 is 20.5 Å². The number of hydrogen-bond donors (Lipinski definition) is 3. The number of benzene rings is 1. The van der Waals surface area contributed by atoms with Crippen molar-refractivity contribution in [1.29, 1.82) is 0 Å². The fourth-order valence-corrected chi connectivity index (χ4v) is 2.69. The molecule has 2 atom stereocenters. The van der Waals surface area contributed by atoms with Crippen LogP contribution < -0.4 is 25.8 Å². The summed E-state index contributed by atoms with van der Waals surface area (Å²) in [6.45, 7) is 6.43. The predicted molar refractivity (Wildman–Crippen MR) is 99.4 cm³/mol.